The molecule has 1 unspecified atom stereocenters. The van der Waals surface area contributed by atoms with Crippen molar-refractivity contribution in [1.29, 1.82) is 0 Å². The second-order valence-corrected chi connectivity index (χ2v) is 6.70. The zero-order chi connectivity index (χ0) is 13.1. The van der Waals surface area contributed by atoms with Gasteiger partial charge in [0.15, 0.2) is 9.84 Å². The van der Waals surface area contributed by atoms with Crippen LogP contribution in [0.1, 0.15) is 13.8 Å². The lowest BCUT2D eigenvalue weighted by Crippen LogP contribution is -2.27. The van der Waals surface area contributed by atoms with Gasteiger partial charge in [-0.1, -0.05) is 18.5 Å². The summed E-state index contributed by atoms with van der Waals surface area (Å²) in [5.74, 6) is -0.425. The molecule has 1 rings (SSSR count). The van der Waals surface area contributed by atoms with Gasteiger partial charge < -0.3 is 5.32 Å². The summed E-state index contributed by atoms with van der Waals surface area (Å²) < 4.78 is 36.2. The van der Waals surface area contributed by atoms with Crippen molar-refractivity contribution >= 4 is 27.1 Å². The molecule has 0 radical (unpaired) electrons. The van der Waals surface area contributed by atoms with Crippen molar-refractivity contribution in [2.45, 2.75) is 19.9 Å². The molecule has 0 amide bonds. The van der Waals surface area contributed by atoms with E-state index in [0.29, 0.717) is 5.02 Å². The molecule has 0 spiro atoms. The van der Waals surface area contributed by atoms with E-state index in [9.17, 15) is 12.8 Å². The van der Waals surface area contributed by atoms with Crippen LogP contribution in [-0.2, 0) is 9.84 Å². The fourth-order valence-electron chi connectivity index (χ4n) is 1.41. The number of benzene rings is 1. The number of nitrogens with one attached hydrogen (secondary N) is 1. The standard InChI is InChI=1S/C11H15ClFNO2S/c1-3-17(15,16)7-8(2)14-11-5-4-9(12)6-10(11)13/h4-6,8,14H,3,7H2,1-2H3. The van der Waals surface area contributed by atoms with Gasteiger partial charge in [0.2, 0.25) is 0 Å². The molecule has 0 aromatic heterocycles. The topological polar surface area (TPSA) is 46.2 Å². The first-order valence-electron chi connectivity index (χ1n) is 5.26. The van der Waals surface area contributed by atoms with E-state index in [1.54, 1.807) is 19.9 Å². The van der Waals surface area contributed by atoms with Gasteiger partial charge in [0.1, 0.15) is 5.82 Å². The highest BCUT2D eigenvalue weighted by Crippen LogP contribution is 2.19. The maximum Gasteiger partial charge on any atom is 0.152 e. The SMILES string of the molecule is CCS(=O)(=O)CC(C)Nc1ccc(Cl)cc1F. The van der Waals surface area contributed by atoms with Crippen molar-refractivity contribution in [3.05, 3.63) is 29.0 Å². The normalized spacial score (nSPS) is 13.4. The Hall–Kier alpha value is -0.810. The summed E-state index contributed by atoms with van der Waals surface area (Å²) in [6.07, 6.45) is 0. The van der Waals surface area contributed by atoms with Crippen molar-refractivity contribution in [2.24, 2.45) is 0 Å². The molecule has 0 saturated carbocycles. The van der Waals surface area contributed by atoms with Crippen LogP contribution in [0.4, 0.5) is 10.1 Å². The molecular weight excluding hydrogens is 265 g/mol. The molecule has 0 fully saturated rings. The minimum absolute atomic E-state index is 0.0223. The maximum atomic E-state index is 13.4. The maximum absolute atomic E-state index is 13.4. The van der Waals surface area contributed by atoms with Crippen LogP contribution in [0.2, 0.25) is 5.02 Å². The van der Waals surface area contributed by atoms with E-state index in [-0.39, 0.29) is 23.2 Å². The van der Waals surface area contributed by atoms with E-state index < -0.39 is 15.7 Å². The Kier molecular flexibility index (Phi) is 4.77. The highest BCUT2D eigenvalue weighted by atomic mass is 35.5. The zero-order valence-corrected chi connectivity index (χ0v) is 11.3. The number of hydrogen-bond donors (Lipinski definition) is 1. The summed E-state index contributed by atoms with van der Waals surface area (Å²) in [5, 5.41) is 3.12. The summed E-state index contributed by atoms with van der Waals surface area (Å²) in [6, 6.07) is 3.88. The lowest BCUT2D eigenvalue weighted by atomic mass is 10.2. The number of halogens is 2. The minimum atomic E-state index is -3.07. The van der Waals surface area contributed by atoms with E-state index in [0.717, 1.165) is 0 Å². The number of sulfone groups is 1. The van der Waals surface area contributed by atoms with Crippen LogP contribution < -0.4 is 5.32 Å². The number of hydrogen-bond acceptors (Lipinski definition) is 3. The van der Waals surface area contributed by atoms with Crippen LogP contribution in [0.25, 0.3) is 0 Å². The smallest absolute Gasteiger partial charge is 0.152 e. The monoisotopic (exact) mass is 279 g/mol. The Bertz CT molecular complexity index is 490. The van der Waals surface area contributed by atoms with Crippen molar-refractivity contribution in [2.75, 3.05) is 16.8 Å². The van der Waals surface area contributed by atoms with Gasteiger partial charge in [0, 0.05) is 16.8 Å². The number of anilines is 1. The van der Waals surface area contributed by atoms with Crippen LogP contribution >= 0.6 is 11.6 Å². The molecule has 0 aliphatic heterocycles. The van der Waals surface area contributed by atoms with Gasteiger partial charge in [-0.2, -0.15) is 0 Å². The van der Waals surface area contributed by atoms with Gasteiger partial charge in [-0.05, 0) is 25.1 Å². The molecule has 1 N–H and O–H groups in total. The largest absolute Gasteiger partial charge is 0.379 e. The van der Waals surface area contributed by atoms with Crippen LogP contribution in [0.5, 0.6) is 0 Å². The summed E-state index contributed by atoms with van der Waals surface area (Å²) in [5.41, 5.74) is 0.258. The first-order chi connectivity index (χ1) is 7.84. The molecule has 1 aromatic carbocycles. The Morgan fingerprint density at radius 1 is 1.47 bits per heavy atom. The van der Waals surface area contributed by atoms with Gasteiger partial charge >= 0.3 is 0 Å². The molecule has 96 valence electrons. The van der Waals surface area contributed by atoms with Crippen molar-refractivity contribution in [3.63, 3.8) is 0 Å². The van der Waals surface area contributed by atoms with Gasteiger partial charge in [0.25, 0.3) is 0 Å². The van der Waals surface area contributed by atoms with E-state index in [1.165, 1.54) is 12.1 Å². The van der Waals surface area contributed by atoms with E-state index in [1.807, 2.05) is 0 Å². The Labute approximate surface area is 106 Å². The van der Waals surface area contributed by atoms with Crippen molar-refractivity contribution in [3.8, 4) is 0 Å². The summed E-state index contributed by atoms with van der Waals surface area (Å²) >= 11 is 5.62. The van der Waals surface area contributed by atoms with Gasteiger partial charge in [0.05, 0.1) is 11.4 Å². The Balaban J connectivity index is 2.72. The average Bonchev–Trinajstić information content (AvgIpc) is 2.21. The van der Waals surface area contributed by atoms with E-state index in [4.69, 9.17) is 11.6 Å². The minimum Gasteiger partial charge on any atom is -0.379 e. The van der Waals surface area contributed by atoms with E-state index >= 15 is 0 Å². The third kappa shape index (κ3) is 4.52. The second-order valence-electron chi connectivity index (χ2n) is 3.87. The second kappa shape index (κ2) is 5.69. The van der Waals surface area contributed by atoms with E-state index in [2.05, 4.69) is 5.32 Å². The predicted molar refractivity (Wildman–Crippen MR) is 68.8 cm³/mol. The molecule has 0 aliphatic carbocycles. The lowest BCUT2D eigenvalue weighted by Gasteiger charge is -2.15. The van der Waals surface area contributed by atoms with Gasteiger partial charge in [-0.3, -0.25) is 0 Å². The molecule has 3 nitrogen and oxygen atoms in total. The Morgan fingerprint density at radius 2 is 2.12 bits per heavy atom. The molecule has 0 bridgehead atoms. The average molecular weight is 280 g/mol. The zero-order valence-electron chi connectivity index (χ0n) is 9.70. The van der Waals surface area contributed by atoms with Gasteiger partial charge in [-0.15, -0.1) is 0 Å². The fraction of sp³-hybridized carbons (Fsp3) is 0.455. The lowest BCUT2D eigenvalue weighted by molar-refractivity contribution is 0.592. The van der Waals surface area contributed by atoms with Crippen LogP contribution in [0, 0.1) is 5.82 Å². The van der Waals surface area contributed by atoms with Crippen molar-refractivity contribution in [1.82, 2.24) is 0 Å². The van der Waals surface area contributed by atoms with Crippen LogP contribution in [0.3, 0.4) is 0 Å². The molecule has 17 heavy (non-hydrogen) atoms. The molecule has 1 atom stereocenters. The van der Waals surface area contributed by atoms with Crippen molar-refractivity contribution < 1.29 is 12.8 Å². The fourth-order valence-corrected chi connectivity index (χ4v) is 2.65. The van der Waals surface area contributed by atoms with Gasteiger partial charge in [-0.25, -0.2) is 12.8 Å². The quantitative estimate of drug-likeness (QED) is 0.901. The highest BCUT2D eigenvalue weighted by molar-refractivity contribution is 7.91. The highest BCUT2D eigenvalue weighted by Gasteiger charge is 2.14. The first kappa shape index (κ1) is 14.3. The summed E-state index contributed by atoms with van der Waals surface area (Å²) in [4.78, 5) is 0. The third-order valence-electron chi connectivity index (χ3n) is 2.28. The summed E-state index contributed by atoms with van der Waals surface area (Å²) in [6.45, 7) is 3.28. The number of rotatable bonds is 5. The molecular formula is C11H15ClFNO2S. The molecule has 0 saturated heterocycles. The summed E-state index contributed by atoms with van der Waals surface area (Å²) in [7, 11) is -3.07. The Morgan fingerprint density at radius 3 is 2.65 bits per heavy atom. The third-order valence-corrected chi connectivity index (χ3v) is 4.40. The van der Waals surface area contributed by atoms with Crippen LogP contribution in [0.15, 0.2) is 18.2 Å². The molecule has 0 heterocycles. The molecule has 0 aliphatic rings. The molecule has 6 heteroatoms. The first-order valence-corrected chi connectivity index (χ1v) is 7.46. The van der Waals surface area contributed by atoms with Crippen LogP contribution in [-0.4, -0.2) is 26.0 Å². The predicted octanol–water partition coefficient (Wildman–Crippen LogP) is 2.71. The molecule has 1 aromatic rings.